The minimum Gasteiger partial charge on any atom is -0.459 e. The van der Waals surface area contributed by atoms with Crippen molar-refractivity contribution in [3.63, 3.8) is 0 Å². The molecule has 1 aromatic heterocycles. The van der Waals surface area contributed by atoms with Crippen molar-refractivity contribution in [3.8, 4) is 0 Å². The van der Waals surface area contributed by atoms with Gasteiger partial charge in [-0.25, -0.2) is 0 Å². The number of benzene rings is 2. The second-order valence-corrected chi connectivity index (χ2v) is 8.46. The van der Waals surface area contributed by atoms with Crippen LogP contribution in [0.15, 0.2) is 71.3 Å². The molecule has 1 fully saturated rings. The van der Waals surface area contributed by atoms with E-state index in [1.165, 1.54) is 11.8 Å². The highest BCUT2D eigenvalue weighted by Gasteiger charge is 2.22. The number of amides is 2. The molecule has 7 heteroatoms. The second-order valence-electron chi connectivity index (χ2n) is 8.46. The summed E-state index contributed by atoms with van der Waals surface area (Å²) in [6.45, 7) is 7.27. The first-order valence-corrected chi connectivity index (χ1v) is 11.1. The third-order valence-corrected chi connectivity index (χ3v) is 5.53. The number of anilines is 1. The molecule has 2 atom stereocenters. The minimum atomic E-state index is -0.304. The van der Waals surface area contributed by atoms with Gasteiger partial charge in [0.05, 0.1) is 18.5 Å². The molecule has 0 spiro atoms. The van der Waals surface area contributed by atoms with E-state index in [2.05, 4.69) is 29.4 Å². The summed E-state index contributed by atoms with van der Waals surface area (Å²) in [5.74, 6) is -0.168. The molecule has 3 aromatic rings. The quantitative estimate of drug-likeness (QED) is 0.570. The minimum absolute atomic E-state index is 0.120. The Morgan fingerprint density at radius 3 is 2.21 bits per heavy atom. The van der Waals surface area contributed by atoms with Gasteiger partial charge in [0.15, 0.2) is 5.76 Å². The van der Waals surface area contributed by atoms with E-state index in [1.54, 1.807) is 24.3 Å². The monoisotopic (exact) mass is 447 g/mol. The van der Waals surface area contributed by atoms with E-state index in [0.29, 0.717) is 17.8 Å². The van der Waals surface area contributed by atoms with Crippen LogP contribution in [0.3, 0.4) is 0 Å². The van der Waals surface area contributed by atoms with Gasteiger partial charge in [-0.1, -0.05) is 24.3 Å². The smallest absolute Gasteiger partial charge is 0.291 e. The number of hydrogen-bond donors (Lipinski definition) is 2. The Hall–Kier alpha value is -3.42. The van der Waals surface area contributed by atoms with Gasteiger partial charge in [0.1, 0.15) is 0 Å². The van der Waals surface area contributed by atoms with Gasteiger partial charge in [0.25, 0.3) is 11.8 Å². The standard InChI is InChI=1S/C26H29N3O4/c1-18-15-29(16-19(2)33-18)17-21-5-9-22(10-6-21)25(30)27-14-20-7-11-23(12-8-20)28-26(31)24-4-3-13-32-24/h3-13,18-19H,14-17H2,1-2H3,(H,27,30)(H,28,31). The SMILES string of the molecule is CC1CN(Cc2ccc(C(=O)NCc3ccc(NC(=O)c4ccco4)cc3)cc2)CC(C)O1. The van der Waals surface area contributed by atoms with Crippen LogP contribution in [0.5, 0.6) is 0 Å². The van der Waals surface area contributed by atoms with Crippen LogP contribution in [0.2, 0.25) is 0 Å². The molecule has 1 aliphatic heterocycles. The van der Waals surface area contributed by atoms with E-state index < -0.39 is 0 Å². The molecule has 2 aromatic carbocycles. The van der Waals surface area contributed by atoms with Crippen molar-refractivity contribution >= 4 is 17.5 Å². The predicted molar refractivity (Wildman–Crippen MR) is 126 cm³/mol. The van der Waals surface area contributed by atoms with E-state index in [9.17, 15) is 9.59 Å². The summed E-state index contributed by atoms with van der Waals surface area (Å²) in [6.07, 6.45) is 1.93. The lowest BCUT2D eigenvalue weighted by molar-refractivity contribution is -0.0704. The van der Waals surface area contributed by atoms with Crippen molar-refractivity contribution in [2.45, 2.75) is 39.1 Å². The first-order chi connectivity index (χ1) is 16.0. The fourth-order valence-corrected chi connectivity index (χ4v) is 4.02. The zero-order chi connectivity index (χ0) is 23.2. The first-order valence-electron chi connectivity index (χ1n) is 11.1. The Balaban J connectivity index is 1.26. The fourth-order valence-electron chi connectivity index (χ4n) is 4.02. The lowest BCUT2D eigenvalue weighted by Crippen LogP contribution is -2.44. The lowest BCUT2D eigenvalue weighted by Gasteiger charge is -2.35. The van der Waals surface area contributed by atoms with Gasteiger partial charge >= 0.3 is 0 Å². The molecule has 0 bridgehead atoms. The van der Waals surface area contributed by atoms with E-state index >= 15 is 0 Å². The zero-order valence-electron chi connectivity index (χ0n) is 18.9. The van der Waals surface area contributed by atoms with Crippen LogP contribution in [0, 0.1) is 0 Å². The highest BCUT2D eigenvalue weighted by Crippen LogP contribution is 2.15. The van der Waals surface area contributed by atoms with Crippen LogP contribution in [-0.2, 0) is 17.8 Å². The predicted octanol–water partition coefficient (Wildman–Crippen LogP) is 4.07. The van der Waals surface area contributed by atoms with Gasteiger partial charge in [-0.15, -0.1) is 0 Å². The summed E-state index contributed by atoms with van der Waals surface area (Å²) >= 11 is 0. The third kappa shape index (κ3) is 6.31. The normalized spacial score (nSPS) is 18.6. The lowest BCUT2D eigenvalue weighted by atomic mass is 10.1. The van der Waals surface area contributed by atoms with Gasteiger partial charge in [-0.2, -0.15) is 0 Å². The molecule has 1 saturated heterocycles. The molecule has 2 N–H and O–H groups in total. The van der Waals surface area contributed by atoms with E-state index in [0.717, 1.165) is 25.2 Å². The molecule has 172 valence electrons. The Bertz CT molecular complexity index is 1050. The maximum Gasteiger partial charge on any atom is 0.291 e. The van der Waals surface area contributed by atoms with Gasteiger partial charge in [0, 0.05) is 37.4 Å². The average molecular weight is 448 g/mol. The van der Waals surface area contributed by atoms with Crippen molar-refractivity contribution in [3.05, 3.63) is 89.4 Å². The maximum atomic E-state index is 12.5. The molecule has 2 unspecified atom stereocenters. The summed E-state index contributed by atoms with van der Waals surface area (Å²) < 4.78 is 10.9. The highest BCUT2D eigenvalue weighted by atomic mass is 16.5. The number of nitrogens with zero attached hydrogens (tertiary/aromatic N) is 1. The third-order valence-electron chi connectivity index (χ3n) is 5.53. The van der Waals surface area contributed by atoms with Gasteiger partial charge in [0.2, 0.25) is 0 Å². The first kappa shape index (κ1) is 22.8. The van der Waals surface area contributed by atoms with E-state index in [1.807, 2.05) is 36.4 Å². The largest absolute Gasteiger partial charge is 0.459 e. The maximum absolute atomic E-state index is 12.5. The Morgan fingerprint density at radius 2 is 1.58 bits per heavy atom. The molecule has 7 nitrogen and oxygen atoms in total. The van der Waals surface area contributed by atoms with Crippen molar-refractivity contribution < 1.29 is 18.7 Å². The Morgan fingerprint density at radius 1 is 0.909 bits per heavy atom. The Kier molecular flexibility index (Phi) is 7.22. The zero-order valence-corrected chi connectivity index (χ0v) is 18.9. The number of carbonyl (C=O) groups is 2. The molecular formula is C26H29N3O4. The number of nitrogens with one attached hydrogen (secondary N) is 2. The topological polar surface area (TPSA) is 83.8 Å². The number of furan rings is 1. The summed E-state index contributed by atoms with van der Waals surface area (Å²) in [7, 11) is 0. The van der Waals surface area contributed by atoms with Crippen LogP contribution >= 0.6 is 0 Å². The fraction of sp³-hybridized carbons (Fsp3) is 0.308. The van der Waals surface area contributed by atoms with Crippen LogP contribution < -0.4 is 10.6 Å². The molecule has 4 rings (SSSR count). The second kappa shape index (κ2) is 10.5. The van der Waals surface area contributed by atoms with Crippen LogP contribution in [0.1, 0.15) is 45.9 Å². The molecule has 0 radical (unpaired) electrons. The van der Waals surface area contributed by atoms with Crippen molar-refractivity contribution in [1.29, 1.82) is 0 Å². The summed E-state index contributed by atoms with van der Waals surface area (Å²) in [6, 6.07) is 18.4. The number of hydrogen-bond acceptors (Lipinski definition) is 5. The van der Waals surface area contributed by atoms with Gasteiger partial charge in [-0.3, -0.25) is 14.5 Å². The molecule has 33 heavy (non-hydrogen) atoms. The number of ether oxygens (including phenoxy) is 1. The van der Waals surface area contributed by atoms with E-state index in [-0.39, 0.29) is 29.8 Å². The van der Waals surface area contributed by atoms with Crippen LogP contribution in [-0.4, -0.2) is 42.0 Å². The van der Waals surface area contributed by atoms with Gasteiger partial charge < -0.3 is 19.8 Å². The number of rotatable bonds is 7. The molecule has 2 heterocycles. The molecule has 1 aliphatic rings. The Labute approximate surface area is 193 Å². The van der Waals surface area contributed by atoms with Crippen molar-refractivity contribution in [1.82, 2.24) is 10.2 Å². The van der Waals surface area contributed by atoms with Crippen molar-refractivity contribution in [2.24, 2.45) is 0 Å². The van der Waals surface area contributed by atoms with Crippen LogP contribution in [0.4, 0.5) is 5.69 Å². The highest BCUT2D eigenvalue weighted by molar-refractivity contribution is 6.02. The number of carbonyl (C=O) groups excluding carboxylic acids is 2. The van der Waals surface area contributed by atoms with Crippen molar-refractivity contribution in [2.75, 3.05) is 18.4 Å². The summed E-state index contributed by atoms with van der Waals surface area (Å²) in [4.78, 5) is 27.0. The average Bonchev–Trinajstić information content (AvgIpc) is 3.33. The van der Waals surface area contributed by atoms with E-state index in [4.69, 9.17) is 9.15 Å². The van der Waals surface area contributed by atoms with Crippen LogP contribution in [0.25, 0.3) is 0 Å². The molecule has 2 amide bonds. The summed E-state index contributed by atoms with van der Waals surface area (Å²) in [5.41, 5.74) is 3.41. The van der Waals surface area contributed by atoms with Gasteiger partial charge in [-0.05, 0) is 61.4 Å². The summed E-state index contributed by atoms with van der Waals surface area (Å²) in [5, 5.41) is 5.71. The molecular weight excluding hydrogens is 418 g/mol. The molecule has 0 saturated carbocycles. The molecule has 0 aliphatic carbocycles. The number of morpholine rings is 1.